The normalized spacial score (nSPS) is 24.7. The van der Waals surface area contributed by atoms with Gasteiger partial charge in [0.25, 0.3) is 0 Å². The van der Waals surface area contributed by atoms with E-state index in [2.05, 4.69) is 0 Å². The molecule has 1 aliphatic rings. The Morgan fingerprint density at radius 3 is 2.62 bits per heavy atom. The van der Waals surface area contributed by atoms with Gasteiger partial charge >= 0.3 is 0 Å². The average Bonchev–Trinajstić information content (AvgIpc) is 2.51. The van der Waals surface area contributed by atoms with Gasteiger partial charge in [0.1, 0.15) is 12.1 Å². The smallest absolute Gasteiger partial charge is 0.149 e. The maximum absolute atomic E-state index is 11.4. The molecule has 1 aliphatic heterocycles. The number of hydrogen-bond donors (Lipinski definition) is 0. The van der Waals surface area contributed by atoms with Crippen LogP contribution in [0.25, 0.3) is 0 Å². The topological polar surface area (TPSA) is 37.4 Å². The largest absolute Gasteiger partial charge is 0.302 e. The Balaban J connectivity index is 2.80. The predicted molar refractivity (Wildman–Crippen MR) is 50.6 cm³/mol. The van der Waals surface area contributed by atoms with Crippen molar-refractivity contribution < 1.29 is 9.59 Å². The summed E-state index contributed by atoms with van der Waals surface area (Å²) in [6, 6.07) is -0.0566. The minimum Gasteiger partial charge on any atom is -0.302 e. The van der Waals surface area contributed by atoms with Crippen LogP contribution >= 0.6 is 0 Å². The summed E-state index contributed by atoms with van der Waals surface area (Å²) >= 11 is 0. The van der Waals surface area contributed by atoms with Crippen LogP contribution in [0.2, 0.25) is 0 Å². The molecule has 1 heterocycles. The molecule has 74 valence electrons. The lowest BCUT2D eigenvalue weighted by molar-refractivity contribution is -0.129. The second-order valence-corrected chi connectivity index (χ2v) is 4.15. The summed E-state index contributed by atoms with van der Waals surface area (Å²) in [4.78, 5) is 24.1. The van der Waals surface area contributed by atoms with Crippen molar-refractivity contribution in [2.24, 2.45) is 0 Å². The van der Waals surface area contributed by atoms with Crippen LogP contribution in [0.15, 0.2) is 0 Å². The molecule has 0 aromatic rings. The Kier molecular flexibility index (Phi) is 2.86. The summed E-state index contributed by atoms with van der Waals surface area (Å²) in [7, 11) is 0. The van der Waals surface area contributed by atoms with E-state index in [9.17, 15) is 9.59 Å². The first kappa shape index (κ1) is 10.4. The Bertz CT molecular complexity index is 223. The lowest BCUT2D eigenvalue weighted by atomic mass is 9.97. The molecule has 1 saturated heterocycles. The number of hydrogen-bond acceptors (Lipinski definition) is 3. The standard InChI is InChI=1S/C10H17NO2/c1-8(13)10(2,3)11-6-4-5-9(11)7-12/h7,9H,4-6H2,1-3H3/t9-/m0/s1. The van der Waals surface area contributed by atoms with Gasteiger partial charge < -0.3 is 4.79 Å². The van der Waals surface area contributed by atoms with E-state index in [1.54, 1.807) is 6.92 Å². The minimum atomic E-state index is -0.484. The molecule has 0 aromatic heterocycles. The number of Topliss-reactive ketones (excluding diaryl/α,β-unsaturated/α-hetero) is 1. The van der Waals surface area contributed by atoms with Gasteiger partial charge in [0.15, 0.2) is 0 Å². The molecule has 0 bridgehead atoms. The molecule has 0 unspecified atom stereocenters. The molecule has 1 fully saturated rings. The van der Waals surface area contributed by atoms with Gasteiger partial charge in [-0.2, -0.15) is 0 Å². The van der Waals surface area contributed by atoms with Crippen molar-refractivity contribution in [1.82, 2.24) is 4.90 Å². The van der Waals surface area contributed by atoms with Crippen LogP contribution in [-0.4, -0.2) is 35.1 Å². The molecule has 0 aliphatic carbocycles. The first-order chi connectivity index (χ1) is 6.00. The number of likely N-dealkylation sites (tertiary alicyclic amines) is 1. The highest BCUT2D eigenvalue weighted by Crippen LogP contribution is 2.26. The van der Waals surface area contributed by atoms with E-state index in [0.29, 0.717) is 0 Å². The molecule has 1 rings (SSSR count). The summed E-state index contributed by atoms with van der Waals surface area (Å²) in [5.41, 5.74) is -0.484. The maximum Gasteiger partial charge on any atom is 0.149 e. The summed E-state index contributed by atoms with van der Waals surface area (Å²) in [5, 5.41) is 0. The van der Waals surface area contributed by atoms with Crippen molar-refractivity contribution in [3.63, 3.8) is 0 Å². The van der Waals surface area contributed by atoms with Crippen molar-refractivity contribution in [3.8, 4) is 0 Å². The molecule has 0 saturated carbocycles. The van der Waals surface area contributed by atoms with E-state index < -0.39 is 5.54 Å². The van der Waals surface area contributed by atoms with Gasteiger partial charge in [-0.1, -0.05) is 0 Å². The molecule has 0 aromatic carbocycles. The highest BCUT2D eigenvalue weighted by Gasteiger charge is 2.38. The fraction of sp³-hybridized carbons (Fsp3) is 0.800. The lowest BCUT2D eigenvalue weighted by Crippen LogP contribution is -2.51. The van der Waals surface area contributed by atoms with Crippen molar-refractivity contribution >= 4 is 12.1 Å². The molecular formula is C10H17NO2. The second-order valence-electron chi connectivity index (χ2n) is 4.15. The Morgan fingerprint density at radius 1 is 1.54 bits per heavy atom. The third-order valence-corrected chi connectivity index (χ3v) is 3.04. The third-order valence-electron chi connectivity index (χ3n) is 3.04. The summed E-state index contributed by atoms with van der Waals surface area (Å²) in [5.74, 6) is 0.126. The molecule has 1 atom stereocenters. The average molecular weight is 183 g/mol. The predicted octanol–water partition coefficient (Wildman–Crippen LogP) is 1.02. The van der Waals surface area contributed by atoms with Crippen LogP contribution < -0.4 is 0 Å². The number of rotatable bonds is 3. The Morgan fingerprint density at radius 2 is 2.15 bits per heavy atom. The fourth-order valence-electron chi connectivity index (χ4n) is 1.83. The minimum absolute atomic E-state index is 0.0566. The first-order valence-electron chi connectivity index (χ1n) is 4.73. The highest BCUT2D eigenvalue weighted by molar-refractivity contribution is 5.85. The van der Waals surface area contributed by atoms with Gasteiger partial charge in [-0.15, -0.1) is 0 Å². The summed E-state index contributed by atoms with van der Waals surface area (Å²) in [6.45, 7) is 6.21. The van der Waals surface area contributed by atoms with Crippen molar-refractivity contribution in [1.29, 1.82) is 0 Å². The fourth-order valence-corrected chi connectivity index (χ4v) is 1.83. The SMILES string of the molecule is CC(=O)C(C)(C)N1CCC[C@H]1C=O. The quantitative estimate of drug-likeness (QED) is 0.613. The third kappa shape index (κ3) is 1.80. The van der Waals surface area contributed by atoms with Crippen LogP contribution in [0.4, 0.5) is 0 Å². The molecule has 0 N–H and O–H groups in total. The number of aldehydes is 1. The van der Waals surface area contributed by atoms with E-state index in [-0.39, 0.29) is 11.8 Å². The molecule has 3 heteroatoms. The molecule has 0 amide bonds. The Labute approximate surface area is 79.1 Å². The van der Waals surface area contributed by atoms with Crippen LogP contribution in [-0.2, 0) is 9.59 Å². The van der Waals surface area contributed by atoms with Crippen LogP contribution in [0.3, 0.4) is 0 Å². The number of ketones is 1. The number of nitrogens with zero attached hydrogens (tertiary/aromatic N) is 1. The zero-order valence-corrected chi connectivity index (χ0v) is 8.54. The van der Waals surface area contributed by atoms with Gasteiger partial charge in [-0.25, -0.2) is 0 Å². The number of carbonyl (C=O) groups excluding carboxylic acids is 2. The number of carbonyl (C=O) groups is 2. The van der Waals surface area contributed by atoms with Crippen molar-refractivity contribution in [3.05, 3.63) is 0 Å². The Hall–Kier alpha value is -0.700. The first-order valence-corrected chi connectivity index (χ1v) is 4.73. The van der Waals surface area contributed by atoms with Gasteiger partial charge in [0.2, 0.25) is 0 Å². The zero-order valence-electron chi connectivity index (χ0n) is 8.54. The second kappa shape index (κ2) is 3.58. The van der Waals surface area contributed by atoms with Gasteiger partial charge in [0.05, 0.1) is 11.6 Å². The van der Waals surface area contributed by atoms with E-state index >= 15 is 0 Å². The monoisotopic (exact) mass is 183 g/mol. The van der Waals surface area contributed by atoms with E-state index in [4.69, 9.17) is 0 Å². The molecular weight excluding hydrogens is 166 g/mol. The lowest BCUT2D eigenvalue weighted by Gasteiger charge is -2.35. The van der Waals surface area contributed by atoms with Crippen LogP contribution in [0.1, 0.15) is 33.6 Å². The molecule has 0 radical (unpaired) electrons. The van der Waals surface area contributed by atoms with Crippen molar-refractivity contribution in [2.45, 2.75) is 45.2 Å². The maximum atomic E-state index is 11.4. The summed E-state index contributed by atoms with van der Waals surface area (Å²) < 4.78 is 0. The highest BCUT2D eigenvalue weighted by atomic mass is 16.1. The zero-order chi connectivity index (χ0) is 10.1. The van der Waals surface area contributed by atoms with Crippen LogP contribution in [0, 0.1) is 0 Å². The van der Waals surface area contributed by atoms with Gasteiger partial charge in [0, 0.05) is 0 Å². The molecule has 3 nitrogen and oxygen atoms in total. The molecule has 13 heavy (non-hydrogen) atoms. The van der Waals surface area contributed by atoms with E-state index in [1.165, 1.54) is 0 Å². The van der Waals surface area contributed by atoms with E-state index in [0.717, 1.165) is 25.7 Å². The summed E-state index contributed by atoms with van der Waals surface area (Å²) in [6.07, 6.45) is 2.86. The molecule has 0 spiro atoms. The van der Waals surface area contributed by atoms with Gasteiger partial charge in [-0.05, 0) is 40.2 Å². The van der Waals surface area contributed by atoms with Crippen LogP contribution in [0.5, 0.6) is 0 Å². The van der Waals surface area contributed by atoms with Crippen molar-refractivity contribution in [2.75, 3.05) is 6.54 Å². The van der Waals surface area contributed by atoms with Gasteiger partial charge in [-0.3, -0.25) is 9.69 Å². The van der Waals surface area contributed by atoms with E-state index in [1.807, 2.05) is 18.7 Å².